The predicted molar refractivity (Wildman–Crippen MR) is 73.5 cm³/mol. The van der Waals surface area contributed by atoms with Gasteiger partial charge in [0.15, 0.2) is 0 Å². The zero-order chi connectivity index (χ0) is 16.0. The average Bonchev–Trinajstić information content (AvgIpc) is 2.45. The minimum Gasteiger partial charge on any atom is -0.489 e. The van der Waals surface area contributed by atoms with Crippen molar-refractivity contribution >= 4 is 17.5 Å². The number of methoxy groups -OCH3 is 2. The first-order chi connectivity index (χ1) is 9.93. The van der Waals surface area contributed by atoms with Crippen LogP contribution < -0.4 is 5.32 Å². The van der Waals surface area contributed by atoms with Gasteiger partial charge in [-0.05, 0) is 26.3 Å². The van der Waals surface area contributed by atoms with E-state index in [1.807, 2.05) is 0 Å². The van der Waals surface area contributed by atoms with Crippen LogP contribution in [0.3, 0.4) is 0 Å². The first-order valence-electron chi connectivity index (χ1n) is 6.47. The molecule has 1 rings (SSSR count). The zero-order valence-electron chi connectivity index (χ0n) is 12.3. The van der Waals surface area contributed by atoms with Crippen molar-refractivity contribution < 1.29 is 29.0 Å². The smallest absolute Gasteiger partial charge is 0.317 e. The number of rotatable bonds is 8. The number of nitrogens with one attached hydrogen (secondary N) is 1. The molecule has 0 atom stereocenters. The van der Waals surface area contributed by atoms with Crippen molar-refractivity contribution in [3.63, 3.8) is 0 Å². The summed E-state index contributed by atoms with van der Waals surface area (Å²) in [6.45, 7) is 1.88. The van der Waals surface area contributed by atoms with Crippen LogP contribution >= 0.6 is 0 Å². The Balaban J connectivity index is 2.74. The first kappa shape index (κ1) is 16.9. The summed E-state index contributed by atoms with van der Waals surface area (Å²) in [5.41, 5.74) is 0.727. The van der Waals surface area contributed by atoms with Gasteiger partial charge < -0.3 is 19.9 Å². The summed E-state index contributed by atoms with van der Waals surface area (Å²) in [6, 6.07) is 0. The molecule has 0 radical (unpaired) electrons. The number of ketones is 2. The van der Waals surface area contributed by atoms with Gasteiger partial charge in [0.25, 0.3) is 0 Å². The molecule has 7 heteroatoms. The van der Waals surface area contributed by atoms with Gasteiger partial charge in [0.2, 0.25) is 23.1 Å². The summed E-state index contributed by atoms with van der Waals surface area (Å²) in [5, 5.41) is 11.2. The molecule has 0 aromatic carbocycles. The molecule has 2 N–H and O–H groups in total. The van der Waals surface area contributed by atoms with E-state index in [-0.39, 0.29) is 29.6 Å². The Morgan fingerprint density at radius 3 is 2.24 bits per heavy atom. The fraction of sp³-hybridized carbons (Fsp3) is 0.500. The summed E-state index contributed by atoms with van der Waals surface area (Å²) < 4.78 is 9.91. The van der Waals surface area contributed by atoms with Gasteiger partial charge in [0.1, 0.15) is 0 Å². The van der Waals surface area contributed by atoms with Gasteiger partial charge in [-0.15, -0.1) is 0 Å². The molecule has 1 aliphatic carbocycles. The third kappa shape index (κ3) is 3.91. The quantitative estimate of drug-likeness (QED) is 0.494. The highest BCUT2D eigenvalue weighted by Crippen LogP contribution is 2.27. The van der Waals surface area contributed by atoms with E-state index in [1.54, 1.807) is 6.92 Å². The molecule has 0 spiro atoms. The number of allylic oxidation sites excluding steroid dienone is 2. The van der Waals surface area contributed by atoms with E-state index in [9.17, 15) is 14.4 Å². The van der Waals surface area contributed by atoms with Crippen molar-refractivity contribution in [2.45, 2.75) is 19.8 Å². The normalized spacial score (nSPS) is 15.6. The number of carboxylic acids is 1. The monoisotopic (exact) mass is 297 g/mol. The van der Waals surface area contributed by atoms with Crippen molar-refractivity contribution in [1.29, 1.82) is 0 Å². The minimum absolute atomic E-state index is 0.0762. The largest absolute Gasteiger partial charge is 0.489 e. The third-order valence-corrected chi connectivity index (χ3v) is 3.15. The van der Waals surface area contributed by atoms with Gasteiger partial charge in [-0.2, -0.15) is 0 Å². The Hall–Kier alpha value is -2.15. The number of carbonyl (C=O) groups excluding carboxylic acids is 2. The highest BCUT2D eigenvalue weighted by atomic mass is 16.5. The van der Waals surface area contributed by atoms with Crippen LogP contribution in [0.4, 0.5) is 0 Å². The Morgan fingerprint density at radius 2 is 1.71 bits per heavy atom. The molecule has 0 saturated carbocycles. The van der Waals surface area contributed by atoms with E-state index in [0.717, 1.165) is 0 Å². The SMILES string of the molecule is COC1=C(OC)C(=O)C(CCCNCC(=O)O)=C(C)C1=O. The maximum atomic E-state index is 12.3. The molecular weight excluding hydrogens is 278 g/mol. The van der Waals surface area contributed by atoms with Gasteiger partial charge in [-0.3, -0.25) is 14.4 Å². The van der Waals surface area contributed by atoms with Gasteiger partial charge in [-0.25, -0.2) is 0 Å². The van der Waals surface area contributed by atoms with E-state index in [4.69, 9.17) is 14.6 Å². The molecule has 0 bridgehead atoms. The van der Waals surface area contributed by atoms with E-state index in [2.05, 4.69) is 5.32 Å². The lowest BCUT2D eigenvalue weighted by atomic mass is 9.90. The van der Waals surface area contributed by atoms with Gasteiger partial charge in [0.05, 0.1) is 20.8 Å². The number of carboxylic acid groups (broad SMARTS) is 1. The molecule has 0 aliphatic heterocycles. The summed E-state index contributed by atoms with van der Waals surface area (Å²) in [5.74, 6) is -1.81. The lowest BCUT2D eigenvalue weighted by Crippen LogP contribution is -2.26. The highest BCUT2D eigenvalue weighted by molar-refractivity contribution is 6.23. The molecule has 0 amide bonds. The van der Waals surface area contributed by atoms with E-state index >= 15 is 0 Å². The number of carbonyl (C=O) groups is 3. The Kier molecular flexibility index (Phi) is 6.10. The second kappa shape index (κ2) is 7.58. The molecule has 0 fully saturated rings. The van der Waals surface area contributed by atoms with Crippen molar-refractivity contribution in [3.05, 3.63) is 22.7 Å². The van der Waals surface area contributed by atoms with Crippen LogP contribution in [-0.2, 0) is 23.9 Å². The van der Waals surface area contributed by atoms with E-state index in [0.29, 0.717) is 30.5 Å². The molecule has 0 unspecified atom stereocenters. The summed E-state index contributed by atoms with van der Waals surface area (Å²) >= 11 is 0. The van der Waals surface area contributed by atoms with Gasteiger partial charge in [0, 0.05) is 11.1 Å². The zero-order valence-corrected chi connectivity index (χ0v) is 12.3. The third-order valence-electron chi connectivity index (χ3n) is 3.15. The topological polar surface area (TPSA) is 102 Å². The minimum atomic E-state index is -0.941. The fourth-order valence-corrected chi connectivity index (χ4v) is 2.08. The first-order valence-corrected chi connectivity index (χ1v) is 6.47. The Labute approximate surface area is 122 Å². The average molecular weight is 297 g/mol. The van der Waals surface area contributed by atoms with Crippen LogP contribution in [0.5, 0.6) is 0 Å². The van der Waals surface area contributed by atoms with Crippen LogP contribution in [0.2, 0.25) is 0 Å². The number of ether oxygens (including phenoxy) is 2. The Bertz CT molecular complexity index is 518. The summed E-state index contributed by atoms with van der Waals surface area (Å²) in [7, 11) is 2.62. The van der Waals surface area contributed by atoms with Crippen molar-refractivity contribution in [3.8, 4) is 0 Å². The van der Waals surface area contributed by atoms with Crippen LogP contribution in [0.1, 0.15) is 19.8 Å². The maximum absolute atomic E-state index is 12.3. The number of aliphatic carboxylic acids is 1. The lowest BCUT2D eigenvalue weighted by molar-refractivity contribution is -0.136. The van der Waals surface area contributed by atoms with Crippen LogP contribution in [0.15, 0.2) is 22.7 Å². The summed E-state index contributed by atoms with van der Waals surface area (Å²) in [6.07, 6.45) is 0.908. The molecule has 0 heterocycles. The number of Topliss-reactive ketones (excluding diaryl/α,β-unsaturated/α-hetero) is 2. The molecule has 0 saturated heterocycles. The number of hydrogen-bond acceptors (Lipinski definition) is 6. The molecule has 1 aliphatic rings. The van der Waals surface area contributed by atoms with Crippen LogP contribution in [0, 0.1) is 0 Å². The molecule has 7 nitrogen and oxygen atoms in total. The Morgan fingerprint density at radius 1 is 1.14 bits per heavy atom. The van der Waals surface area contributed by atoms with Crippen LogP contribution in [0.25, 0.3) is 0 Å². The van der Waals surface area contributed by atoms with Gasteiger partial charge >= 0.3 is 5.97 Å². The van der Waals surface area contributed by atoms with Gasteiger partial charge in [-0.1, -0.05) is 0 Å². The van der Waals surface area contributed by atoms with E-state index in [1.165, 1.54) is 14.2 Å². The lowest BCUT2D eigenvalue weighted by Gasteiger charge is -2.20. The standard InChI is InChI=1S/C14H19NO6/c1-8-9(5-4-6-15-7-10(16)17)12(19)14(21-3)13(20-2)11(8)18/h15H,4-7H2,1-3H3,(H,16,17). The highest BCUT2D eigenvalue weighted by Gasteiger charge is 2.34. The summed E-state index contributed by atoms with van der Waals surface area (Å²) in [4.78, 5) is 34.7. The molecule has 0 aromatic heterocycles. The molecule has 116 valence electrons. The fourth-order valence-electron chi connectivity index (χ4n) is 2.08. The van der Waals surface area contributed by atoms with E-state index < -0.39 is 5.97 Å². The maximum Gasteiger partial charge on any atom is 0.317 e. The molecular formula is C14H19NO6. The molecule has 21 heavy (non-hydrogen) atoms. The second-order valence-electron chi connectivity index (χ2n) is 4.50. The molecule has 0 aromatic rings. The second-order valence-corrected chi connectivity index (χ2v) is 4.50. The van der Waals surface area contributed by atoms with Crippen LogP contribution in [-0.4, -0.2) is 50.0 Å². The predicted octanol–water partition coefficient (Wildman–Crippen LogP) is 0.413. The van der Waals surface area contributed by atoms with Crippen molar-refractivity contribution in [2.24, 2.45) is 0 Å². The number of hydrogen-bond donors (Lipinski definition) is 2. The van der Waals surface area contributed by atoms with Crippen molar-refractivity contribution in [2.75, 3.05) is 27.3 Å². The van der Waals surface area contributed by atoms with Crippen molar-refractivity contribution in [1.82, 2.24) is 5.32 Å².